The molecule has 0 saturated heterocycles. The van der Waals surface area contributed by atoms with Crippen LogP contribution in [0, 0.1) is 0 Å². The molecule has 150 valence electrons. The van der Waals surface area contributed by atoms with Gasteiger partial charge in [-0.1, -0.05) is 23.9 Å². The molecule has 8 heteroatoms. The standard InChI is InChI=1S/C21H21N3O3S2/c1-4-24-20(27)15-7-5-6-8-16(15)23-21(24)29-12-18(26)14-9-10-17(22-13(2)25)19(11-14)28-3/h5-11H,4,12H2,1-3H3,(H,22,25). The molecule has 0 radical (unpaired) electrons. The van der Waals surface area contributed by atoms with Gasteiger partial charge < -0.3 is 5.32 Å². The Morgan fingerprint density at radius 2 is 1.93 bits per heavy atom. The monoisotopic (exact) mass is 427 g/mol. The molecule has 29 heavy (non-hydrogen) atoms. The summed E-state index contributed by atoms with van der Waals surface area (Å²) in [5.41, 5.74) is 1.77. The first kappa shape index (κ1) is 21.1. The SMILES string of the molecule is CCn1c(SCC(=O)c2ccc(NC(C)=O)c(SC)c2)nc2ccccc2c1=O. The fourth-order valence-electron chi connectivity index (χ4n) is 2.91. The third-order valence-electron chi connectivity index (χ3n) is 4.31. The molecular weight excluding hydrogens is 406 g/mol. The maximum atomic E-state index is 12.7. The van der Waals surface area contributed by atoms with Gasteiger partial charge in [-0.25, -0.2) is 4.98 Å². The molecule has 1 heterocycles. The number of benzene rings is 2. The van der Waals surface area contributed by atoms with Crippen LogP contribution in [0.15, 0.2) is 57.3 Å². The molecule has 0 aliphatic rings. The number of para-hydroxylation sites is 1. The van der Waals surface area contributed by atoms with Crippen molar-refractivity contribution in [3.63, 3.8) is 0 Å². The zero-order valence-electron chi connectivity index (χ0n) is 16.4. The molecule has 1 amide bonds. The Morgan fingerprint density at radius 3 is 2.62 bits per heavy atom. The molecule has 0 atom stereocenters. The lowest BCUT2D eigenvalue weighted by Crippen LogP contribution is -2.22. The number of nitrogens with zero attached hydrogens (tertiary/aromatic N) is 2. The van der Waals surface area contributed by atoms with Crippen LogP contribution in [0.25, 0.3) is 10.9 Å². The molecule has 1 aromatic heterocycles. The van der Waals surface area contributed by atoms with Crippen molar-refractivity contribution in [3.05, 3.63) is 58.4 Å². The molecule has 0 unspecified atom stereocenters. The summed E-state index contributed by atoms with van der Waals surface area (Å²) in [7, 11) is 0. The van der Waals surface area contributed by atoms with E-state index < -0.39 is 0 Å². The number of aromatic nitrogens is 2. The van der Waals surface area contributed by atoms with E-state index in [0.717, 1.165) is 4.90 Å². The van der Waals surface area contributed by atoms with Crippen LogP contribution in [0.3, 0.4) is 0 Å². The fraction of sp³-hybridized carbons (Fsp3) is 0.238. The maximum Gasteiger partial charge on any atom is 0.262 e. The Kier molecular flexibility index (Phi) is 6.76. The lowest BCUT2D eigenvalue weighted by Gasteiger charge is -2.12. The summed E-state index contributed by atoms with van der Waals surface area (Å²) in [5, 5.41) is 3.87. The Hall–Kier alpha value is -2.58. The van der Waals surface area contributed by atoms with Gasteiger partial charge in [-0.2, -0.15) is 0 Å². The molecule has 0 bridgehead atoms. The second-order valence-corrected chi connectivity index (χ2v) is 8.06. The van der Waals surface area contributed by atoms with Gasteiger partial charge in [0.25, 0.3) is 5.56 Å². The zero-order valence-corrected chi connectivity index (χ0v) is 18.0. The molecule has 0 spiro atoms. The Labute approximate surface area is 177 Å². The minimum absolute atomic E-state index is 0.0651. The summed E-state index contributed by atoms with van der Waals surface area (Å²) in [6.45, 7) is 3.81. The minimum atomic E-state index is -0.158. The molecule has 6 nitrogen and oxygen atoms in total. The van der Waals surface area contributed by atoms with E-state index in [4.69, 9.17) is 0 Å². The van der Waals surface area contributed by atoms with Crippen LogP contribution in [0.5, 0.6) is 0 Å². The lowest BCUT2D eigenvalue weighted by atomic mass is 10.1. The highest BCUT2D eigenvalue weighted by molar-refractivity contribution is 7.99. The smallest absolute Gasteiger partial charge is 0.262 e. The van der Waals surface area contributed by atoms with Crippen LogP contribution in [0.2, 0.25) is 0 Å². The maximum absolute atomic E-state index is 12.7. The zero-order chi connectivity index (χ0) is 21.0. The number of nitrogens with one attached hydrogen (secondary N) is 1. The van der Waals surface area contributed by atoms with Crippen molar-refractivity contribution in [1.29, 1.82) is 0 Å². The van der Waals surface area contributed by atoms with E-state index in [0.29, 0.717) is 33.9 Å². The van der Waals surface area contributed by atoms with Crippen molar-refractivity contribution in [2.45, 2.75) is 30.4 Å². The average Bonchev–Trinajstić information content (AvgIpc) is 2.72. The highest BCUT2D eigenvalue weighted by Gasteiger charge is 2.14. The topological polar surface area (TPSA) is 81.1 Å². The predicted molar refractivity (Wildman–Crippen MR) is 119 cm³/mol. The summed E-state index contributed by atoms with van der Waals surface area (Å²) in [6.07, 6.45) is 1.89. The number of hydrogen-bond acceptors (Lipinski definition) is 6. The quantitative estimate of drug-likeness (QED) is 0.348. The summed E-state index contributed by atoms with van der Waals surface area (Å²) in [6, 6.07) is 12.4. The van der Waals surface area contributed by atoms with Crippen molar-refractivity contribution in [2.75, 3.05) is 17.3 Å². The largest absolute Gasteiger partial charge is 0.325 e. The summed E-state index contributed by atoms with van der Waals surface area (Å²) >= 11 is 2.72. The van der Waals surface area contributed by atoms with Crippen LogP contribution >= 0.6 is 23.5 Å². The number of amides is 1. The van der Waals surface area contributed by atoms with Crippen LogP contribution in [-0.4, -0.2) is 33.3 Å². The Balaban J connectivity index is 1.84. The Morgan fingerprint density at radius 1 is 1.17 bits per heavy atom. The van der Waals surface area contributed by atoms with Gasteiger partial charge in [-0.3, -0.25) is 19.0 Å². The number of fused-ring (bicyclic) bond motifs is 1. The van der Waals surface area contributed by atoms with E-state index in [1.54, 1.807) is 34.9 Å². The van der Waals surface area contributed by atoms with E-state index in [2.05, 4.69) is 10.3 Å². The number of carbonyl (C=O) groups is 2. The molecule has 3 aromatic rings. The van der Waals surface area contributed by atoms with Gasteiger partial charge in [0.15, 0.2) is 10.9 Å². The van der Waals surface area contributed by atoms with Crippen molar-refractivity contribution in [1.82, 2.24) is 9.55 Å². The van der Waals surface area contributed by atoms with Gasteiger partial charge in [-0.05, 0) is 43.5 Å². The van der Waals surface area contributed by atoms with E-state index >= 15 is 0 Å². The lowest BCUT2D eigenvalue weighted by molar-refractivity contribution is -0.114. The number of hydrogen-bond donors (Lipinski definition) is 1. The van der Waals surface area contributed by atoms with Gasteiger partial charge in [0.2, 0.25) is 5.91 Å². The van der Waals surface area contributed by atoms with E-state index in [1.165, 1.54) is 30.4 Å². The van der Waals surface area contributed by atoms with Gasteiger partial charge >= 0.3 is 0 Å². The van der Waals surface area contributed by atoms with Crippen LogP contribution in [-0.2, 0) is 11.3 Å². The number of thioether (sulfide) groups is 2. The third kappa shape index (κ3) is 4.71. The summed E-state index contributed by atoms with van der Waals surface area (Å²) in [5.74, 6) is -0.0578. The van der Waals surface area contributed by atoms with E-state index in [-0.39, 0.29) is 23.0 Å². The number of ketones is 1. The molecule has 0 aliphatic heterocycles. The van der Waals surface area contributed by atoms with Crippen molar-refractivity contribution in [3.8, 4) is 0 Å². The highest BCUT2D eigenvalue weighted by atomic mass is 32.2. The molecule has 0 aliphatic carbocycles. The fourth-order valence-corrected chi connectivity index (χ4v) is 4.45. The van der Waals surface area contributed by atoms with Crippen molar-refractivity contribution < 1.29 is 9.59 Å². The third-order valence-corrected chi connectivity index (χ3v) is 6.06. The van der Waals surface area contributed by atoms with Crippen molar-refractivity contribution in [2.24, 2.45) is 0 Å². The van der Waals surface area contributed by atoms with Gasteiger partial charge in [-0.15, -0.1) is 11.8 Å². The first-order chi connectivity index (χ1) is 13.9. The molecule has 3 rings (SSSR count). The summed E-state index contributed by atoms with van der Waals surface area (Å²) < 4.78 is 1.59. The van der Waals surface area contributed by atoms with Crippen LogP contribution < -0.4 is 10.9 Å². The number of anilines is 1. The second-order valence-electron chi connectivity index (χ2n) is 6.27. The normalized spacial score (nSPS) is 10.9. The van der Waals surface area contributed by atoms with E-state index in [9.17, 15) is 14.4 Å². The number of Topliss-reactive ketones (excluding diaryl/α,β-unsaturated/α-hetero) is 1. The predicted octanol–water partition coefficient (Wildman–Crippen LogP) is 4.07. The van der Waals surface area contributed by atoms with Crippen LogP contribution in [0.4, 0.5) is 5.69 Å². The molecule has 1 N–H and O–H groups in total. The minimum Gasteiger partial charge on any atom is -0.325 e. The van der Waals surface area contributed by atoms with Crippen molar-refractivity contribution >= 4 is 51.8 Å². The number of carbonyl (C=O) groups excluding carboxylic acids is 2. The first-order valence-electron chi connectivity index (χ1n) is 9.05. The van der Waals surface area contributed by atoms with Crippen LogP contribution in [0.1, 0.15) is 24.2 Å². The van der Waals surface area contributed by atoms with Gasteiger partial charge in [0.05, 0.1) is 22.3 Å². The second kappa shape index (κ2) is 9.28. The molecule has 0 fully saturated rings. The highest BCUT2D eigenvalue weighted by Crippen LogP contribution is 2.28. The molecular formula is C21H21N3O3S2. The van der Waals surface area contributed by atoms with Gasteiger partial charge in [0.1, 0.15) is 0 Å². The van der Waals surface area contributed by atoms with Gasteiger partial charge in [0, 0.05) is 23.9 Å². The average molecular weight is 428 g/mol. The molecule has 0 saturated carbocycles. The molecule has 2 aromatic carbocycles. The van der Waals surface area contributed by atoms with E-state index in [1.807, 2.05) is 25.3 Å². The summed E-state index contributed by atoms with van der Waals surface area (Å²) in [4.78, 5) is 42.1. The number of rotatable bonds is 7. The Bertz CT molecular complexity index is 1140. The first-order valence-corrected chi connectivity index (χ1v) is 11.3.